The molecule has 0 saturated carbocycles. The summed E-state index contributed by atoms with van der Waals surface area (Å²) in [5.74, 6) is 0.705. The van der Waals surface area contributed by atoms with E-state index in [1.807, 2.05) is 36.4 Å². The van der Waals surface area contributed by atoms with Crippen LogP contribution in [0.25, 0.3) is 0 Å². The third-order valence-electron chi connectivity index (χ3n) is 3.53. The molecule has 1 heterocycles. The molecule has 0 aliphatic heterocycles. The minimum atomic E-state index is 0.705. The first kappa shape index (κ1) is 17.3. The Bertz CT molecular complexity index is 887. The highest BCUT2D eigenvalue weighted by Gasteiger charge is 2.09. The summed E-state index contributed by atoms with van der Waals surface area (Å²) >= 11 is 11.0. The molecule has 2 aromatic carbocycles. The van der Waals surface area contributed by atoms with Crippen LogP contribution < -0.4 is 0 Å². The topological polar surface area (TPSA) is 25.5 Å². The number of aliphatic imine (C=N–C) groups is 1. The first-order valence-corrected chi connectivity index (χ1v) is 9.34. The number of halogens is 2. The maximum atomic E-state index is 5.91. The molecule has 0 saturated heterocycles. The van der Waals surface area contributed by atoms with E-state index >= 15 is 0 Å². The van der Waals surface area contributed by atoms with Crippen molar-refractivity contribution in [3.63, 3.8) is 0 Å². The van der Waals surface area contributed by atoms with Gasteiger partial charge in [-0.3, -0.25) is 4.99 Å². The maximum Gasteiger partial charge on any atom is 0.179 e. The molecule has 0 aliphatic carbocycles. The van der Waals surface area contributed by atoms with Gasteiger partial charge >= 0.3 is 0 Å². The fourth-order valence-corrected chi connectivity index (χ4v) is 3.51. The fraction of sp³-hybridized carbons (Fsp3) is 0.105. The van der Waals surface area contributed by atoms with Crippen LogP contribution >= 0.6 is 39.3 Å². The highest BCUT2D eigenvalue weighted by Crippen LogP contribution is 2.36. The first-order valence-electron chi connectivity index (χ1n) is 7.35. The second-order valence-corrected chi connectivity index (χ2v) is 7.70. The standard InChI is InChI=1S/C19H15BrClNOS/c1-12-3-6-15(9-13(12)2)22-11-16-10-18(20)19(23-16)24-17-7-4-14(21)5-8-17/h3-11H,1-2H3. The number of furan rings is 1. The summed E-state index contributed by atoms with van der Waals surface area (Å²) in [5, 5.41) is 1.51. The van der Waals surface area contributed by atoms with E-state index in [1.54, 1.807) is 6.21 Å². The van der Waals surface area contributed by atoms with Crippen LogP contribution in [-0.2, 0) is 0 Å². The van der Waals surface area contributed by atoms with Crippen LogP contribution in [-0.4, -0.2) is 6.21 Å². The summed E-state index contributed by atoms with van der Waals surface area (Å²) < 4.78 is 6.76. The summed E-state index contributed by atoms with van der Waals surface area (Å²) in [6, 6.07) is 15.7. The van der Waals surface area contributed by atoms with Gasteiger partial charge in [0, 0.05) is 16.0 Å². The van der Waals surface area contributed by atoms with E-state index in [0.717, 1.165) is 25.2 Å². The number of aryl methyl sites for hydroxylation is 2. The van der Waals surface area contributed by atoms with Gasteiger partial charge in [-0.15, -0.1) is 0 Å². The summed E-state index contributed by atoms with van der Waals surface area (Å²) in [5.41, 5.74) is 3.40. The zero-order chi connectivity index (χ0) is 17.1. The Hall–Kier alpha value is -1.49. The smallest absolute Gasteiger partial charge is 0.179 e. The van der Waals surface area contributed by atoms with E-state index in [1.165, 1.54) is 22.9 Å². The number of benzene rings is 2. The Labute approximate surface area is 159 Å². The Morgan fingerprint density at radius 1 is 1.04 bits per heavy atom. The Balaban J connectivity index is 1.76. The summed E-state index contributed by atoms with van der Waals surface area (Å²) in [6.45, 7) is 4.17. The highest BCUT2D eigenvalue weighted by atomic mass is 79.9. The SMILES string of the molecule is Cc1ccc(N=Cc2cc(Br)c(Sc3ccc(Cl)cc3)o2)cc1C. The van der Waals surface area contributed by atoms with Crippen molar-refractivity contribution in [2.24, 2.45) is 4.99 Å². The van der Waals surface area contributed by atoms with Crippen molar-refractivity contribution in [1.82, 2.24) is 0 Å². The Morgan fingerprint density at radius 2 is 1.79 bits per heavy atom. The van der Waals surface area contributed by atoms with Gasteiger partial charge in [0.15, 0.2) is 5.09 Å². The molecule has 0 spiro atoms. The normalized spacial score (nSPS) is 11.3. The van der Waals surface area contributed by atoms with Crippen LogP contribution in [0.2, 0.25) is 5.02 Å². The highest BCUT2D eigenvalue weighted by molar-refractivity contribution is 9.10. The quantitative estimate of drug-likeness (QED) is 0.416. The van der Waals surface area contributed by atoms with E-state index in [0.29, 0.717) is 5.76 Å². The monoisotopic (exact) mass is 419 g/mol. The molecule has 5 heteroatoms. The predicted octanol–water partition coefficient (Wildman–Crippen LogP) is 7.21. The average molecular weight is 421 g/mol. The molecule has 0 unspecified atom stereocenters. The van der Waals surface area contributed by atoms with Crippen LogP contribution in [0.15, 0.2) is 72.4 Å². The van der Waals surface area contributed by atoms with Crippen molar-refractivity contribution in [3.05, 3.63) is 74.9 Å². The lowest BCUT2D eigenvalue weighted by Gasteiger charge is -2.00. The molecule has 2 nitrogen and oxygen atoms in total. The molecular weight excluding hydrogens is 406 g/mol. The first-order chi connectivity index (χ1) is 11.5. The van der Waals surface area contributed by atoms with Crippen molar-refractivity contribution < 1.29 is 4.42 Å². The molecular formula is C19H15BrClNOS. The maximum absolute atomic E-state index is 5.91. The van der Waals surface area contributed by atoms with E-state index in [2.05, 4.69) is 46.9 Å². The van der Waals surface area contributed by atoms with Gasteiger partial charge in [-0.05, 0) is 77.3 Å². The minimum absolute atomic E-state index is 0.705. The predicted molar refractivity (Wildman–Crippen MR) is 105 cm³/mol. The van der Waals surface area contributed by atoms with Gasteiger partial charge in [-0.25, -0.2) is 0 Å². The molecule has 24 heavy (non-hydrogen) atoms. The van der Waals surface area contributed by atoms with Gasteiger partial charge in [0.05, 0.1) is 16.4 Å². The molecule has 0 bridgehead atoms. The van der Waals surface area contributed by atoms with Crippen LogP contribution in [0.1, 0.15) is 16.9 Å². The molecule has 0 radical (unpaired) electrons. The van der Waals surface area contributed by atoms with Gasteiger partial charge < -0.3 is 4.42 Å². The number of rotatable bonds is 4. The third kappa shape index (κ3) is 4.32. The van der Waals surface area contributed by atoms with Crippen LogP contribution in [0, 0.1) is 13.8 Å². The molecule has 0 N–H and O–H groups in total. The van der Waals surface area contributed by atoms with Crippen LogP contribution in [0.5, 0.6) is 0 Å². The van der Waals surface area contributed by atoms with Crippen molar-refractivity contribution in [1.29, 1.82) is 0 Å². The third-order valence-corrected chi connectivity index (χ3v) is 5.63. The Kier molecular flexibility index (Phi) is 5.49. The summed E-state index contributed by atoms with van der Waals surface area (Å²) in [6.07, 6.45) is 1.74. The average Bonchev–Trinajstić information content (AvgIpc) is 2.91. The molecule has 0 aliphatic rings. The lowest BCUT2D eigenvalue weighted by atomic mass is 10.1. The molecule has 0 atom stereocenters. The zero-order valence-electron chi connectivity index (χ0n) is 13.2. The zero-order valence-corrected chi connectivity index (χ0v) is 16.4. The van der Waals surface area contributed by atoms with Gasteiger partial charge in [0.25, 0.3) is 0 Å². The van der Waals surface area contributed by atoms with Crippen LogP contribution in [0.3, 0.4) is 0 Å². The van der Waals surface area contributed by atoms with E-state index in [9.17, 15) is 0 Å². The van der Waals surface area contributed by atoms with Crippen molar-refractivity contribution >= 4 is 51.2 Å². The molecule has 122 valence electrons. The largest absolute Gasteiger partial charge is 0.447 e. The number of nitrogens with zero attached hydrogens (tertiary/aromatic N) is 1. The lowest BCUT2D eigenvalue weighted by molar-refractivity contribution is 0.466. The van der Waals surface area contributed by atoms with E-state index < -0.39 is 0 Å². The van der Waals surface area contributed by atoms with E-state index in [4.69, 9.17) is 16.0 Å². The lowest BCUT2D eigenvalue weighted by Crippen LogP contribution is -1.79. The number of hydrogen-bond acceptors (Lipinski definition) is 3. The van der Waals surface area contributed by atoms with Crippen molar-refractivity contribution in [2.45, 2.75) is 23.8 Å². The van der Waals surface area contributed by atoms with Gasteiger partial charge in [0.1, 0.15) is 5.76 Å². The fourth-order valence-electron chi connectivity index (χ4n) is 2.06. The minimum Gasteiger partial charge on any atom is -0.447 e. The number of hydrogen-bond donors (Lipinski definition) is 0. The Morgan fingerprint density at radius 3 is 2.50 bits per heavy atom. The molecule has 3 rings (SSSR count). The molecule has 3 aromatic rings. The van der Waals surface area contributed by atoms with Gasteiger partial charge in [0.2, 0.25) is 0 Å². The molecule has 0 amide bonds. The summed E-state index contributed by atoms with van der Waals surface area (Å²) in [4.78, 5) is 5.55. The van der Waals surface area contributed by atoms with E-state index in [-0.39, 0.29) is 0 Å². The summed E-state index contributed by atoms with van der Waals surface area (Å²) in [7, 11) is 0. The van der Waals surface area contributed by atoms with Gasteiger partial charge in [-0.1, -0.05) is 29.4 Å². The van der Waals surface area contributed by atoms with Crippen molar-refractivity contribution in [2.75, 3.05) is 0 Å². The second-order valence-electron chi connectivity index (χ2n) is 5.37. The van der Waals surface area contributed by atoms with Crippen LogP contribution in [0.4, 0.5) is 5.69 Å². The molecule has 1 aromatic heterocycles. The molecule has 0 fully saturated rings. The second kappa shape index (κ2) is 7.60. The van der Waals surface area contributed by atoms with Crippen molar-refractivity contribution in [3.8, 4) is 0 Å². The van der Waals surface area contributed by atoms with Gasteiger partial charge in [-0.2, -0.15) is 0 Å².